The van der Waals surface area contributed by atoms with Crippen molar-refractivity contribution in [2.24, 2.45) is 0 Å². The zero-order valence-electron chi connectivity index (χ0n) is 11.2. The summed E-state index contributed by atoms with van der Waals surface area (Å²) in [5, 5.41) is 0.922. The summed E-state index contributed by atoms with van der Waals surface area (Å²) >= 11 is 0. The van der Waals surface area contributed by atoms with E-state index in [4.69, 9.17) is 5.73 Å². The van der Waals surface area contributed by atoms with Gasteiger partial charge in [-0.05, 0) is 23.8 Å². The van der Waals surface area contributed by atoms with E-state index in [1.807, 2.05) is 24.3 Å². The molecule has 21 heavy (non-hydrogen) atoms. The number of rotatable bonds is 3. The topological polar surface area (TPSA) is 73.1 Å². The largest absolute Gasteiger partial charge is 0.398 e. The smallest absolute Gasteiger partial charge is 0.184 e. The fraction of sp³-hybridized carbons (Fsp3) is 0.0625. The molecule has 2 aromatic carbocycles. The molecule has 0 fully saturated rings. The number of sulfone groups is 1. The van der Waals surface area contributed by atoms with Gasteiger partial charge in [-0.3, -0.25) is 4.98 Å². The van der Waals surface area contributed by atoms with Gasteiger partial charge in [0.25, 0.3) is 0 Å². The molecule has 4 nitrogen and oxygen atoms in total. The Balaban J connectivity index is 2.08. The van der Waals surface area contributed by atoms with Crippen LogP contribution in [-0.4, -0.2) is 13.4 Å². The van der Waals surface area contributed by atoms with Crippen LogP contribution in [-0.2, 0) is 15.6 Å². The average Bonchev–Trinajstić information content (AvgIpc) is 2.47. The quantitative estimate of drug-likeness (QED) is 0.755. The van der Waals surface area contributed by atoms with Gasteiger partial charge in [0.2, 0.25) is 0 Å². The monoisotopic (exact) mass is 298 g/mol. The number of nitrogens with zero attached hydrogens (tertiary/aromatic N) is 1. The maximum atomic E-state index is 12.6. The minimum Gasteiger partial charge on any atom is -0.398 e. The van der Waals surface area contributed by atoms with Crippen LogP contribution in [0.1, 0.15) is 5.56 Å². The van der Waals surface area contributed by atoms with Crippen molar-refractivity contribution in [2.75, 3.05) is 5.73 Å². The van der Waals surface area contributed by atoms with Gasteiger partial charge in [0, 0.05) is 11.6 Å². The lowest BCUT2D eigenvalue weighted by molar-refractivity contribution is 0.596. The highest BCUT2D eigenvalue weighted by atomic mass is 32.2. The van der Waals surface area contributed by atoms with Crippen LogP contribution in [0.2, 0.25) is 0 Å². The number of nitrogen functional groups attached to an aromatic ring is 1. The minimum absolute atomic E-state index is 0.116. The standard InChI is InChI=1S/C16H14N2O2S/c17-14-8-1-2-9-15(14)21(19,20)11-13-6-3-5-12-7-4-10-18-16(12)13/h1-10H,11,17H2. The minimum atomic E-state index is -3.50. The molecule has 0 aliphatic carbocycles. The van der Waals surface area contributed by atoms with Crippen LogP contribution >= 0.6 is 0 Å². The Kier molecular flexibility index (Phi) is 3.35. The van der Waals surface area contributed by atoms with Crippen molar-refractivity contribution in [2.45, 2.75) is 10.6 Å². The number of fused-ring (bicyclic) bond motifs is 1. The maximum Gasteiger partial charge on any atom is 0.184 e. The average molecular weight is 298 g/mol. The lowest BCUT2D eigenvalue weighted by atomic mass is 10.1. The van der Waals surface area contributed by atoms with E-state index >= 15 is 0 Å². The highest BCUT2D eigenvalue weighted by molar-refractivity contribution is 7.90. The van der Waals surface area contributed by atoms with Gasteiger partial charge in [0.05, 0.1) is 21.9 Å². The molecular formula is C16H14N2O2S. The summed E-state index contributed by atoms with van der Waals surface area (Å²) in [7, 11) is -3.50. The molecule has 5 heteroatoms. The SMILES string of the molecule is Nc1ccccc1S(=O)(=O)Cc1cccc2cccnc12. The third-order valence-electron chi connectivity index (χ3n) is 3.32. The lowest BCUT2D eigenvalue weighted by Gasteiger charge is -2.09. The lowest BCUT2D eigenvalue weighted by Crippen LogP contribution is -2.08. The number of nitrogens with two attached hydrogens (primary N) is 1. The van der Waals surface area contributed by atoms with Crippen molar-refractivity contribution in [1.29, 1.82) is 0 Å². The van der Waals surface area contributed by atoms with Crippen molar-refractivity contribution < 1.29 is 8.42 Å². The zero-order valence-corrected chi connectivity index (χ0v) is 12.0. The van der Waals surface area contributed by atoms with E-state index in [0.29, 0.717) is 11.1 Å². The Labute approximate surface area is 123 Å². The predicted octanol–water partition coefficient (Wildman–Crippen LogP) is 2.79. The van der Waals surface area contributed by atoms with E-state index in [2.05, 4.69) is 4.98 Å². The molecule has 106 valence electrons. The number of benzene rings is 2. The molecule has 2 N–H and O–H groups in total. The summed E-state index contributed by atoms with van der Waals surface area (Å²) in [6.07, 6.45) is 1.66. The summed E-state index contributed by atoms with van der Waals surface area (Å²) < 4.78 is 25.1. The number of anilines is 1. The molecule has 0 amide bonds. The highest BCUT2D eigenvalue weighted by Gasteiger charge is 2.19. The van der Waals surface area contributed by atoms with E-state index in [1.54, 1.807) is 30.5 Å². The van der Waals surface area contributed by atoms with Crippen LogP contribution in [0.4, 0.5) is 5.69 Å². The summed E-state index contributed by atoms with van der Waals surface area (Å²) in [5.41, 5.74) is 7.43. The van der Waals surface area contributed by atoms with Gasteiger partial charge >= 0.3 is 0 Å². The number of para-hydroxylation sites is 2. The fourth-order valence-electron chi connectivity index (χ4n) is 2.33. The molecule has 0 saturated carbocycles. The van der Waals surface area contributed by atoms with Gasteiger partial charge in [0.15, 0.2) is 9.84 Å². The molecule has 0 aliphatic rings. The van der Waals surface area contributed by atoms with Gasteiger partial charge in [-0.2, -0.15) is 0 Å². The third kappa shape index (κ3) is 2.60. The first-order valence-electron chi connectivity index (χ1n) is 6.48. The van der Waals surface area contributed by atoms with E-state index in [0.717, 1.165) is 5.39 Å². The van der Waals surface area contributed by atoms with E-state index in [9.17, 15) is 8.42 Å². The highest BCUT2D eigenvalue weighted by Crippen LogP contribution is 2.25. The van der Waals surface area contributed by atoms with Crippen molar-refractivity contribution >= 4 is 26.4 Å². The predicted molar refractivity (Wildman–Crippen MR) is 83.5 cm³/mol. The Morgan fingerprint density at radius 3 is 2.52 bits per heavy atom. The normalized spacial score (nSPS) is 11.6. The molecule has 1 aromatic heterocycles. The summed E-state index contributed by atoms with van der Waals surface area (Å²) in [4.78, 5) is 4.45. The molecule has 0 saturated heterocycles. The third-order valence-corrected chi connectivity index (χ3v) is 5.05. The molecule has 0 unspecified atom stereocenters. The van der Waals surface area contributed by atoms with Gasteiger partial charge in [-0.15, -0.1) is 0 Å². The molecule has 3 aromatic rings. The van der Waals surface area contributed by atoms with Crippen LogP contribution in [0.3, 0.4) is 0 Å². The first-order chi connectivity index (χ1) is 10.1. The van der Waals surface area contributed by atoms with Crippen LogP contribution in [0.5, 0.6) is 0 Å². The van der Waals surface area contributed by atoms with Crippen molar-refractivity contribution in [3.05, 3.63) is 66.4 Å². The van der Waals surface area contributed by atoms with Crippen LogP contribution < -0.4 is 5.73 Å². The van der Waals surface area contributed by atoms with Crippen molar-refractivity contribution in [1.82, 2.24) is 4.98 Å². The Morgan fingerprint density at radius 2 is 1.71 bits per heavy atom. The van der Waals surface area contributed by atoms with Crippen LogP contribution in [0, 0.1) is 0 Å². The summed E-state index contributed by atoms with van der Waals surface area (Å²) in [6, 6.07) is 15.8. The number of aromatic nitrogens is 1. The molecule has 0 aliphatic heterocycles. The van der Waals surface area contributed by atoms with Gasteiger partial charge in [-0.1, -0.05) is 36.4 Å². The van der Waals surface area contributed by atoms with Gasteiger partial charge < -0.3 is 5.73 Å². The van der Waals surface area contributed by atoms with Gasteiger partial charge in [0.1, 0.15) is 0 Å². The summed E-state index contributed by atoms with van der Waals surface area (Å²) in [6.45, 7) is 0. The fourth-order valence-corrected chi connectivity index (χ4v) is 3.84. The molecule has 0 atom stereocenters. The zero-order chi connectivity index (χ0) is 14.9. The molecule has 3 rings (SSSR count). The van der Waals surface area contributed by atoms with Crippen molar-refractivity contribution in [3.63, 3.8) is 0 Å². The molecule has 1 heterocycles. The van der Waals surface area contributed by atoms with E-state index < -0.39 is 9.84 Å². The first-order valence-corrected chi connectivity index (χ1v) is 8.13. The Morgan fingerprint density at radius 1 is 0.952 bits per heavy atom. The molecule has 0 radical (unpaired) electrons. The molecule has 0 bridgehead atoms. The summed E-state index contributed by atoms with van der Waals surface area (Å²) in [5.74, 6) is -0.116. The van der Waals surface area contributed by atoms with Crippen LogP contribution in [0.15, 0.2) is 65.7 Å². The second kappa shape index (κ2) is 5.18. The molecular weight excluding hydrogens is 284 g/mol. The Bertz CT molecular complexity index is 900. The maximum absolute atomic E-state index is 12.6. The van der Waals surface area contributed by atoms with Crippen LogP contribution in [0.25, 0.3) is 10.9 Å². The van der Waals surface area contributed by atoms with E-state index in [-0.39, 0.29) is 16.3 Å². The number of hydrogen-bond acceptors (Lipinski definition) is 4. The van der Waals surface area contributed by atoms with E-state index in [1.165, 1.54) is 6.07 Å². The van der Waals surface area contributed by atoms with Gasteiger partial charge in [-0.25, -0.2) is 8.42 Å². The Hall–Kier alpha value is -2.40. The molecule has 0 spiro atoms. The second-order valence-corrected chi connectivity index (χ2v) is 6.75. The number of pyridine rings is 1. The second-order valence-electron chi connectivity index (χ2n) is 4.79. The van der Waals surface area contributed by atoms with Crippen molar-refractivity contribution in [3.8, 4) is 0 Å². The first kappa shape index (κ1) is 13.6. The number of hydrogen-bond donors (Lipinski definition) is 1.